The fourth-order valence-electron chi connectivity index (χ4n) is 2.59. The number of halogens is 1. The summed E-state index contributed by atoms with van der Waals surface area (Å²) in [5.41, 5.74) is 7.04. The number of nitrogens with one attached hydrogen (secondary N) is 1. The Hall–Kier alpha value is -1.10. The van der Waals surface area contributed by atoms with E-state index >= 15 is 0 Å². The molecule has 2 heterocycles. The van der Waals surface area contributed by atoms with Crippen molar-refractivity contribution in [3.05, 3.63) is 16.1 Å². The molecule has 1 aromatic rings. The molecule has 0 atom stereocenters. The van der Waals surface area contributed by atoms with Crippen molar-refractivity contribution in [1.82, 2.24) is 15.2 Å². The second-order valence-corrected chi connectivity index (χ2v) is 6.65. The van der Waals surface area contributed by atoms with E-state index in [2.05, 4.69) is 27.6 Å². The van der Waals surface area contributed by atoms with E-state index in [4.69, 9.17) is 10.5 Å². The van der Waals surface area contributed by atoms with Crippen LogP contribution in [0.2, 0.25) is 0 Å². The topological polar surface area (TPSA) is 92.8 Å². The number of nitrogens with zero attached hydrogens (tertiary/aromatic N) is 3. The molecule has 9 heteroatoms. The van der Waals surface area contributed by atoms with Crippen molar-refractivity contribution in [2.75, 3.05) is 26.2 Å². The van der Waals surface area contributed by atoms with E-state index in [9.17, 15) is 4.79 Å². The van der Waals surface area contributed by atoms with E-state index < -0.39 is 0 Å². The number of guanidine groups is 1. The number of thiazole rings is 1. The monoisotopic (exact) mass is 481 g/mol. The number of hydrogen-bond acceptors (Lipinski definition) is 5. The number of nitrogens with two attached hydrogens (primary N) is 1. The Bertz CT molecular complexity index is 558. The molecule has 1 fully saturated rings. The summed E-state index contributed by atoms with van der Waals surface area (Å²) >= 11 is 1.69. The molecule has 0 radical (unpaired) electrons. The van der Waals surface area contributed by atoms with Gasteiger partial charge in [0.15, 0.2) is 5.96 Å². The van der Waals surface area contributed by atoms with Gasteiger partial charge >= 0.3 is 6.09 Å². The first kappa shape index (κ1) is 21.9. The quantitative estimate of drug-likeness (QED) is 0.370. The van der Waals surface area contributed by atoms with Gasteiger partial charge < -0.3 is 20.7 Å². The van der Waals surface area contributed by atoms with Gasteiger partial charge in [-0.2, -0.15) is 0 Å². The maximum Gasteiger partial charge on any atom is 0.409 e. The first-order chi connectivity index (χ1) is 11.6. The Morgan fingerprint density at radius 2 is 2.20 bits per heavy atom. The second kappa shape index (κ2) is 11.5. The van der Waals surface area contributed by atoms with E-state index in [1.807, 2.05) is 6.92 Å². The highest BCUT2D eigenvalue weighted by Gasteiger charge is 2.23. The van der Waals surface area contributed by atoms with Crippen LogP contribution in [-0.4, -0.2) is 54.2 Å². The van der Waals surface area contributed by atoms with Crippen LogP contribution in [0.5, 0.6) is 0 Å². The molecule has 0 unspecified atom stereocenters. The predicted octanol–water partition coefficient (Wildman–Crippen LogP) is 2.39. The maximum atomic E-state index is 11.7. The van der Waals surface area contributed by atoms with Crippen molar-refractivity contribution < 1.29 is 9.53 Å². The van der Waals surface area contributed by atoms with Crippen LogP contribution < -0.4 is 11.1 Å². The van der Waals surface area contributed by atoms with Gasteiger partial charge in [0.1, 0.15) is 0 Å². The Balaban J connectivity index is 0.00000312. The number of ether oxygens (including phenoxy) is 1. The van der Waals surface area contributed by atoms with Crippen LogP contribution in [0, 0.1) is 0 Å². The molecule has 1 aromatic heterocycles. The molecule has 142 valence electrons. The van der Waals surface area contributed by atoms with Gasteiger partial charge in [0.2, 0.25) is 0 Å². The molecule has 0 bridgehead atoms. The standard InChI is InChI=1S/C16H27N5O2S.HI/c1-3-14-19-13(11-24-14)5-8-18-15(17)20-12-6-9-21(10-7-12)16(22)23-4-2;/h11-12H,3-10H2,1-2H3,(H3,17,18,20);1H. The first-order valence-corrected chi connectivity index (χ1v) is 9.41. The second-order valence-electron chi connectivity index (χ2n) is 5.71. The summed E-state index contributed by atoms with van der Waals surface area (Å²) in [6.07, 6.45) is 3.25. The summed E-state index contributed by atoms with van der Waals surface area (Å²) in [7, 11) is 0. The zero-order chi connectivity index (χ0) is 17.4. The first-order valence-electron chi connectivity index (χ1n) is 8.53. The molecular formula is C16H28IN5O2S. The lowest BCUT2D eigenvalue weighted by Crippen LogP contribution is -2.48. The van der Waals surface area contributed by atoms with Gasteiger partial charge in [0, 0.05) is 37.5 Å². The van der Waals surface area contributed by atoms with Gasteiger partial charge in [-0.25, -0.2) is 9.78 Å². The number of amides is 1. The molecule has 0 aromatic carbocycles. The number of likely N-dealkylation sites (tertiary alicyclic amines) is 1. The summed E-state index contributed by atoms with van der Waals surface area (Å²) in [5.74, 6) is 0.468. The van der Waals surface area contributed by atoms with Crippen molar-refractivity contribution >= 4 is 47.4 Å². The Morgan fingerprint density at radius 3 is 2.80 bits per heavy atom. The van der Waals surface area contributed by atoms with Crippen LogP contribution >= 0.6 is 35.3 Å². The average Bonchev–Trinajstić information content (AvgIpc) is 3.04. The molecular weight excluding hydrogens is 453 g/mol. The Morgan fingerprint density at radius 1 is 1.48 bits per heavy atom. The van der Waals surface area contributed by atoms with Gasteiger partial charge in [-0.3, -0.25) is 4.99 Å². The molecule has 7 nitrogen and oxygen atoms in total. The van der Waals surface area contributed by atoms with Gasteiger partial charge in [0.05, 0.1) is 17.3 Å². The van der Waals surface area contributed by atoms with Crippen molar-refractivity contribution in [3.8, 4) is 0 Å². The van der Waals surface area contributed by atoms with Crippen LogP contribution in [-0.2, 0) is 17.6 Å². The number of carbonyl (C=O) groups is 1. The van der Waals surface area contributed by atoms with Crippen LogP contribution in [0.15, 0.2) is 10.4 Å². The van der Waals surface area contributed by atoms with E-state index in [1.165, 1.54) is 0 Å². The lowest BCUT2D eigenvalue weighted by molar-refractivity contribution is 0.0963. The fourth-order valence-corrected chi connectivity index (χ4v) is 3.37. The van der Waals surface area contributed by atoms with Crippen molar-refractivity contribution in [3.63, 3.8) is 0 Å². The highest BCUT2D eigenvalue weighted by molar-refractivity contribution is 14.0. The highest BCUT2D eigenvalue weighted by Crippen LogP contribution is 2.12. The summed E-state index contributed by atoms with van der Waals surface area (Å²) in [4.78, 5) is 22.3. The number of aromatic nitrogens is 1. The van der Waals surface area contributed by atoms with E-state index in [1.54, 1.807) is 16.2 Å². The van der Waals surface area contributed by atoms with E-state index in [-0.39, 0.29) is 36.1 Å². The third-order valence-corrected chi connectivity index (χ3v) is 4.97. The minimum absolute atomic E-state index is 0. The number of aliphatic imine (C=N–C) groups is 1. The van der Waals surface area contributed by atoms with Gasteiger partial charge in [0.25, 0.3) is 0 Å². The molecule has 1 aliphatic heterocycles. The molecule has 1 aliphatic rings. The summed E-state index contributed by atoms with van der Waals surface area (Å²) in [6.45, 7) is 6.33. The predicted molar refractivity (Wildman–Crippen MR) is 112 cm³/mol. The Kier molecular flexibility index (Phi) is 10.1. The zero-order valence-electron chi connectivity index (χ0n) is 14.9. The smallest absolute Gasteiger partial charge is 0.409 e. The van der Waals surface area contributed by atoms with Crippen LogP contribution in [0.4, 0.5) is 4.79 Å². The third kappa shape index (κ3) is 7.35. The lowest BCUT2D eigenvalue weighted by atomic mass is 10.1. The largest absolute Gasteiger partial charge is 0.450 e. The summed E-state index contributed by atoms with van der Waals surface area (Å²) in [6, 6.07) is 0.255. The van der Waals surface area contributed by atoms with Crippen molar-refractivity contribution in [2.24, 2.45) is 10.7 Å². The molecule has 0 aliphatic carbocycles. The minimum Gasteiger partial charge on any atom is -0.450 e. The molecule has 0 saturated carbocycles. The number of carbonyl (C=O) groups excluding carboxylic acids is 1. The summed E-state index contributed by atoms with van der Waals surface area (Å²) < 4.78 is 5.02. The highest BCUT2D eigenvalue weighted by atomic mass is 127. The third-order valence-electron chi connectivity index (χ3n) is 3.92. The maximum absolute atomic E-state index is 11.7. The van der Waals surface area contributed by atoms with Gasteiger partial charge in [-0.15, -0.1) is 35.3 Å². The van der Waals surface area contributed by atoms with Crippen molar-refractivity contribution in [2.45, 2.75) is 45.6 Å². The molecule has 25 heavy (non-hydrogen) atoms. The van der Waals surface area contributed by atoms with Gasteiger partial charge in [-0.1, -0.05) is 6.92 Å². The summed E-state index contributed by atoms with van der Waals surface area (Å²) in [5, 5.41) is 6.49. The van der Waals surface area contributed by atoms with Crippen LogP contribution in [0.1, 0.15) is 37.4 Å². The number of hydrogen-bond donors (Lipinski definition) is 2. The Labute approximate surface area is 170 Å². The SMILES string of the molecule is CCOC(=O)N1CCC(NC(N)=NCCc2csc(CC)n2)CC1.I. The molecule has 3 N–H and O–H groups in total. The van der Waals surface area contributed by atoms with Crippen LogP contribution in [0.25, 0.3) is 0 Å². The molecule has 1 saturated heterocycles. The molecule has 0 spiro atoms. The van der Waals surface area contributed by atoms with E-state index in [0.717, 1.165) is 36.4 Å². The van der Waals surface area contributed by atoms with E-state index in [0.29, 0.717) is 32.2 Å². The number of aryl methyl sites for hydroxylation is 1. The van der Waals surface area contributed by atoms with Crippen molar-refractivity contribution in [1.29, 1.82) is 0 Å². The minimum atomic E-state index is -0.229. The fraction of sp³-hybridized carbons (Fsp3) is 0.688. The zero-order valence-corrected chi connectivity index (χ0v) is 18.0. The molecule has 1 amide bonds. The average molecular weight is 481 g/mol. The number of piperidine rings is 1. The van der Waals surface area contributed by atoms with Gasteiger partial charge in [-0.05, 0) is 26.2 Å². The lowest BCUT2D eigenvalue weighted by Gasteiger charge is -2.31. The normalized spacial score (nSPS) is 15.6. The van der Waals surface area contributed by atoms with Crippen LogP contribution in [0.3, 0.4) is 0 Å². The number of rotatable bonds is 6. The molecule has 2 rings (SSSR count).